The van der Waals surface area contributed by atoms with Gasteiger partial charge in [0.05, 0.1) is 0 Å². The summed E-state index contributed by atoms with van der Waals surface area (Å²) in [6.07, 6.45) is 0. The Labute approximate surface area is 119 Å². The molecule has 0 unspecified atom stereocenters. The van der Waals surface area contributed by atoms with Gasteiger partial charge >= 0.3 is 5.69 Å². The molecule has 0 saturated heterocycles. The van der Waals surface area contributed by atoms with Gasteiger partial charge in [-0.1, -0.05) is 17.7 Å². The number of hydrogen-bond acceptors (Lipinski definition) is 5. The quantitative estimate of drug-likeness (QED) is 0.559. The van der Waals surface area contributed by atoms with Gasteiger partial charge in [0, 0.05) is 18.7 Å². The predicted molar refractivity (Wildman–Crippen MR) is 77.5 cm³/mol. The lowest BCUT2D eigenvalue weighted by Crippen LogP contribution is -2.32. The maximum absolute atomic E-state index is 11.8. The lowest BCUT2D eigenvalue weighted by atomic mass is 10.1. The van der Waals surface area contributed by atoms with E-state index < -0.39 is 11.2 Å². The third-order valence-corrected chi connectivity index (χ3v) is 2.73. The topological polar surface area (TPSA) is 120 Å². The molecule has 1 amide bonds. The summed E-state index contributed by atoms with van der Waals surface area (Å²) in [5, 5.41) is 11.1. The summed E-state index contributed by atoms with van der Waals surface area (Å²) in [4.78, 5) is 36.0. The van der Waals surface area contributed by atoms with E-state index in [2.05, 4.69) is 20.8 Å². The summed E-state index contributed by atoms with van der Waals surface area (Å²) < 4.78 is 0. The van der Waals surface area contributed by atoms with Crippen molar-refractivity contribution in [2.24, 2.45) is 0 Å². The highest BCUT2D eigenvalue weighted by molar-refractivity contribution is 5.94. The van der Waals surface area contributed by atoms with Crippen LogP contribution in [-0.2, 0) is 0 Å². The van der Waals surface area contributed by atoms with Crippen LogP contribution in [0.15, 0.2) is 33.9 Å². The zero-order valence-corrected chi connectivity index (χ0v) is 11.4. The molecule has 0 atom stereocenters. The van der Waals surface area contributed by atoms with Crippen LogP contribution in [0.2, 0.25) is 0 Å². The van der Waals surface area contributed by atoms with Crippen LogP contribution in [0.4, 0.5) is 5.82 Å². The van der Waals surface area contributed by atoms with Gasteiger partial charge in [-0.05, 0) is 19.1 Å². The highest BCUT2D eigenvalue weighted by Crippen LogP contribution is 2.02. The molecule has 2 aromatic rings. The molecular weight excluding hydrogens is 274 g/mol. The average Bonchev–Trinajstić information content (AvgIpc) is 2.46. The monoisotopic (exact) mass is 289 g/mol. The largest absolute Gasteiger partial charge is 0.362 e. The molecule has 0 fully saturated rings. The molecule has 1 aromatic heterocycles. The predicted octanol–water partition coefficient (Wildman–Crippen LogP) is -0.391. The number of hydrogen-bond donors (Lipinski definition) is 4. The van der Waals surface area contributed by atoms with Crippen molar-refractivity contribution in [3.8, 4) is 0 Å². The summed E-state index contributed by atoms with van der Waals surface area (Å²) in [7, 11) is 0. The van der Waals surface area contributed by atoms with Gasteiger partial charge in [-0.15, -0.1) is 5.10 Å². The van der Waals surface area contributed by atoms with E-state index in [0.29, 0.717) is 18.7 Å². The molecule has 1 heterocycles. The molecule has 0 bridgehead atoms. The lowest BCUT2D eigenvalue weighted by Gasteiger charge is -2.06. The van der Waals surface area contributed by atoms with Crippen molar-refractivity contribution < 1.29 is 4.79 Å². The van der Waals surface area contributed by atoms with Crippen LogP contribution in [0.25, 0.3) is 0 Å². The van der Waals surface area contributed by atoms with E-state index in [9.17, 15) is 14.4 Å². The van der Waals surface area contributed by atoms with E-state index >= 15 is 0 Å². The van der Waals surface area contributed by atoms with E-state index in [1.165, 1.54) is 0 Å². The number of aryl methyl sites for hydroxylation is 1. The van der Waals surface area contributed by atoms with Gasteiger partial charge in [-0.25, -0.2) is 9.89 Å². The first-order chi connectivity index (χ1) is 10.1. The molecule has 8 heteroatoms. The van der Waals surface area contributed by atoms with Gasteiger partial charge in [0.1, 0.15) is 0 Å². The first-order valence-corrected chi connectivity index (χ1v) is 6.34. The van der Waals surface area contributed by atoms with E-state index in [1.807, 2.05) is 24.0 Å². The Hall–Kier alpha value is -2.90. The van der Waals surface area contributed by atoms with Gasteiger partial charge < -0.3 is 10.6 Å². The number of benzene rings is 1. The summed E-state index contributed by atoms with van der Waals surface area (Å²) in [6, 6.07) is 7.20. The Balaban J connectivity index is 1.82. The van der Waals surface area contributed by atoms with Crippen LogP contribution in [0.5, 0.6) is 0 Å². The van der Waals surface area contributed by atoms with Gasteiger partial charge in [-0.2, -0.15) is 0 Å². The molecule has 0 aliphatic carbocycles. The van der Waals surface area contributed by atoms with Crippen LogP contribution < -0.4 is 21.9 Å². The van der Waals surface area contributed by atoms with Crippen molar-refractivity contribution in [2.75, 3.05) is 18.4 Å². The Morgan fingerprint density at radius 3 is 2.57 bits per heavy atom. The number of rotatable bonds is 5. The van der Waals surface area contributed by atoms with E-state index in [-0.39, 0.29) is 11.7 Å². The van der Waals surface area contributed by atoms with Crippen LogP contribution in [0.3, 0.4) is 0 Å². The smallest absolute Gasteiger partial charge is 0.342 e. The molecule has 0 radical (unpaired) electrons. The summed E-state index contributed by atoms with van der Waals surface area (Å²) >= 11 is 0. The zero-order valence-electron chi connectivity index (χ0n) is 11.4. The molecule has 0 aliphatic rings. The number of aromatic amines is 2. The lowest BCUT2D eigenvalue weighted by molar-refractivity contribution is 0.0955. The molecule has 4 N–H and O–H groups in total. The number of nitrogens with one attached hydrogen (secondary N) is 4. The van der Waals surface area contributed by atoms with Crippen LogP contribution in [0, 0.1) is 6.92 Å². The number of aromatic nitrogens is 3. The number of H-pyrrole nitrogens is 2. The Kier molecular flexibility index (Phi) is 4.50. The summed E-state index contributed by atoms with van der Waals surface area (Å²) in [6.45, 7) is 2.56. The maximum Gasteiger partial charge on any atom is 0.342 e. The van der Waals surface area contributed by atoms with E-state index in [0.717, 1.165) is 5.56 Å². The Morgan fingerprint density at radius 1 is 1.19 bits per heavy atom. The van der Waals surface area contributed by atoms with Crippen molar-refractivity contribution in [1.29, 1.82) is 0 Å². The van der Waals surface area contributed by atoms with E-state index in [4.69, 9.17) is 0 Å². The summed E-state index contributed by atoms with van der Waals surface area (Å²) in [5.41, 5.74) is 0.374. The minimum atomic E-state index is -0.668. The molecule has 0 saturated carbocycles. The molecule has 8 nitrogen and oxygen atoms in total. The van der Waals surface area contributed by atoms with E-state index in [1.54, 1.807) is 12.1 Å². The zero-order chi connectivity index (χ0) is 15.2. The van der Waals surface area contributed by atoms with Gasteiger partial charge in [-0.3, -0.25) is 14.6 Å². The SMILES string of the molecule is Cc1ccc(C(=O)NCCNc2n[nH]c(=O)[nH]c2=O)cc1. The molecular formula is C13H15N5O3. The minimum Gasteiger partial charge on any atom is -0.362 e. The van der Waals surface area contributed by atoms with Gasteiger partial charge in [0.2, 0.25) is 5.82 Å². The van der Waals surface area contributed by atoms with Gasteiger partial charge in [0.25, 0.3) is 11.5 Å². The third kappa shape index (κ3) is 4.03. The van der Waals surface area contributed by atoms with Crippen molar-refractivity contribution >= 4 is 11.7 Å². The second kappa shape index (κ2) is 6.51. The van der Waals surface area contributed by atoms with Crippen molar-refractivity contribution in [3.05, 3.63) is 56.2 Å². The average molecular weight is 289 g/mol. The van der Waals surface area contributed by atoms with Crippen LogP contribution in [-0.4, -0.2) is 34.2 Å². The Morgan fingerprint density at radius 2 is 1.90 bits per heavy atom. The number of anilines is 1. The molecule has 0 spiro atoms. The molecule has 2 rings (SSSR count). The molecule has 21 heavy (non-hydrogen) atoms. The second-order valence-electron chi connectivity index (χ2n) is 4.40. The molecule has 0 aliphatic heterocycles. The second-order valence-corrected chi connectivity index (χ2v) is 4.40. The first-order valence-electron chi connectivity index (χ1n) is 6.34. The maximum atomic E-state index is 11.8. The molecule has 1 aromatic carbocycles. The normalized spacial score (nSPS) is 10.1. The van der Waals surface area contributed by atoms with Crippen molar-refractivity contribution in [2.45, 2.75) is 6.92 Å². The van der Waals surface area contributed by atoms with Crippen molar-refractivity contribution in [3.63, 3.8) is 0 Å². The van der Waals surface area contributed by atoms with Gasteiger partial charge in [0.15, 0.2) is 0 Å². The Bertz CT molecular complexity index is 732. The standard InChI is InChI=1S/C13H15N5O3/c1-8-2-4-9(5-3-8)11(19)15-7-6-14-10-12(20)16-13(21)18-17-10/h2-5H,6-7H2,1H3,(H,14,17)(H,15,19)(H2,16,18,20,21). The highest BCUT2D eigenvalue weighted by Gasteiger charge is 2.04. The fourth-order valence-corrected chi connectivity index (χ4v) is 1.63. The first kappa shape index (κ1) is 14.5. The number of nitrogens with zero attached hydrogens (tertiary/aromatic N) is 1. The summed E-state index contributed by atoms with van der Waals surface area (Å²) in [5.74, 6) is -0.195. The number of carbonyl (C=O) groups is 1. The van der Waals surface area contributed by atoms with Crippen LogP contribution >= 0.6 is 0 Å². The van der Waals surface area contributed by atoms with Crippen LogP contribution in [0.1, 0.15) is 15.9 Å². The minimum absolute atomic E-state index is 0.000755. The fraction of sp³-hybridized carbons (Fsp3) is 0.231. The fourth-order valence-electron chi connectivity index (χ4n) is 1.63. The number of amides is 1. The molecule has 110 valence electrons. The third-order valence-electron chi connectivity index (χ3n) is 2.73. The highest BCUT2D eigenvalue weighted by atomic mass is 16.2. The number of carbonyl (C=O) groups excluding carboxylic acids is 1. The van der Waals surface area contributed by atoms with Crippen molar-refractivity contribution in [1.82, 2.24) is 20.5 Å².